The Morgan fingerprint density at radius 3 is 2.96 bits per heavy atom. The van der Waals surface area contributed by atoms with Crippen LogP contribution in [0.5, 0.6) is 0 Å². The molecule has 0 N–H and O–H groups in total. The van der Waals surface area contributed by atoms with Crippen molar-refractivity contribution in [3.63, 3.8) is 0 Å². The molecule has 1 atom stereocenters. The topological polar surface area (TPSA) is 68.8 Å². The molecule has 0 radical (unpaired) electrons. The third-order valence-electron chi connectivity index (χ3n) is 5.18. The van der Waals surface area contributed by atoms with Gasteiger partial charge in [-0.05, 0) is 37.5 Å². The van der Waals surface area contributed by atoms with Crippen LogP contribution in [0, 0.1) is 6.92 Å². The van der Waals surface area contributed by atoms with Gasteiger partial charge < -0.3 is 9.47 Å². The summed E-state index contributed by atoms with van der Waals surface area (Å²) in [6.07, 6.45) is 11.3. The van der Waals surface area contributed by atoms with E-state index in [0.29, 0.717) is 13.1 Å². The van der Waals surface area contributed by atoms with E-state index in [1.807, 2.05) is 42.5 Å². The number of carbonyl (C=O) groups excluding carboxylic acids is 1. The van der Waals surface area contributed by atoms with Crippen LogP contribution in [0.1, 0.15) is 35.8 Å². The lowest BCUT2D eigenvalue weighted by molar-refractivity contribution is -0.133. The minimum Gasteiger partial charge on any atom is -0.340 e. The standard InChI is InChI=1S/C20H24N6O/c1-16-6-8-23-26(16)15-19(27)24-10-3-5-18(14-24)20-22-9-11-25(20)13-17-4-2-7-21-12-17/h2,4,6-9,11-12,18H,3,5,10,13-15H2,1H3/t18-/m1/s1. The minimum absolute atomic E-state index is 0.122. The van der Waals surface area contributed by atoms with E-state index in [0.717, 1.165) is 43.0 Å². The summed E-state index contributed by atoms with van der Waals surface area (Å²) >= 11 is 0. The maximum atomic E-state index is 12.7. The van der Waals surface area contributed by atoms with Gasteiger partial charge in [-0.2, -0.15) is 5.10 Å². The van der Waals surface area contributed by atoms with Crippen LogP contribution in [0.4, 0.5) is 0 Å². The number of imidazole rings is 1. The molecule has 0 unspecified atom stereocenters. The van der Waals surface area contributed by atoms with Crippen molar-refractivity contribution in [1.29, 1.82) is 0 Å². The third-order valence-corrected chi connectivity index (χ3v) is 5.18. The number of hydrogen-bond acceptors (Lipinski definition) is 4. The van der Waals surface area contributed by atoms with Crippen LogP contribution >= 0.6 is 0 Å². The number of aryl methyl sites for hydroxylation is 1. The van der Waals surface area contributed by atoms with Crippen LogP contribution in [0.2, 0.25) is 0 Å². The van der Waals surface area contributed by atoms with Crippen molar-refractivity contribution in [3.8, 4) is 0 Å². The lowest BCUT2D eigenvalue weighted by atomic mass is 9.97. The van der Waals surface area contributed by atoms with Gasteiger partial charge in [-0.25, -0.2) is 4.98 Å². The lowest BCUT2D eigenvalue weighted by Crippen LogP contribution is -2.41. The highest BCUT2D eigenvalue weighted by Crippen LogP contribution is 2.26. The average molecular weight is 364 g/mol. The Morgan fingerprint density at radius 1 is 1.26 bits per heavy atom. The fourth-order valence-electron chi connectivity index (χ4n) is 3.71. The Labute approximate surface area is 158 Å². The van der Waals surface area contributed by atoms with E-state index in [1.54, 1.807) is 17.1 Å². The summed E-state index contributed by atoms with van der Waals surface area (Å²) in [5, 5.41) is 4.23. The number of rotatable bonds is 5. The van der Waals surface area contributed by atoms with Crippen molar-refractivity contribution >= 4 is 5.91 Å². The number of nitrogens with zero attached hydrogens (tertiary/aromatic N) is 6. The number of aromatic nitrogens is 5. The molecule has 4 heterocycles. The predicted molar refractivity (Wildman–Crippen MR) is 101 cm³/mol. The molecule has 3 aromatic rings. The summed E-state index contributed by atoms with van der Waals surface area (Å²) in [4.78, 5) is 23.5. The molecule has 1 aliphatic heterocycles. The Morgan fingerprint density at radius 2 is 2.19 bits per heavy atom. The molecule has 1 saturated heterocycles. The summed E-state index contributed by atoms with van der Waals surface area (Å²) < 4.78 is 3.93. The number of carbonyl (C=O) groups is 1. The zero-order valence-corrected chi connectivity index (χ0v) is 15.5. The first-order chi connectivity index (χ1) is 13.2. The van der Waals surface area contributed by atoms with Crippen LogP contribution in [0.15, 0.2) is 49.2 Å². The molecule has 1 aliphatic rings. The first-order valence-corrected chi connectivity index (χ1v) is 9.37. The van der Waals surface area contributed by atoms with Gasteiger partial charge in [-0.15, -0.1) is 0 Å². The summed E-state index contributed by atoms with van der Waals surface area (Å²) in [6.45, 7) is 4.53. The van der Waals surface area contributed by atoms with Crippen molar-refractivity contribution < 1.29 is 4.79 Å². The van der Waals surface area contributed by atoms with Gasteiger partial charge in [0.1, 0.15) is 12.4 Å². The highest BCUT2D eigenvalue weighted by Gasteiger charge is 2.27. The quantitative estimate of drug-likeness (QED) is 0.696. The third kappa shape index (κ3) is 3.92. The number of likely N-dealkylation sites (tertiary alicyclic amines) is 1. The number of piperidine rings is 1. The zero-order chi connectivity index (χ0) is 18.6. The average Bonchev–Trinajstić information content (AvgIpc) is 3.32. The van der Waals surface area contributed by atoms with Gasteiger partial charge in [0.05, 0.1) is 6.54 Å². The van der Waals surface area contributed by atoms with Crippen molar-refractivity contribution in [3.05, 3.63) is 66.3 Å². The van der Waals surface area contributed by atoms with Crippen LogP contribution in [-0.2, 0) is 17.9 Å². The van der Waals surface area contributed by atoms with Crippen LogP contribution in [-0.4, -0.2) is 48.2 Å². The number of hydrogen-bond donors (Lipinski definition) is 0. The molecular formula is C20H24N6O. The summed E-state index contributed by atoms with van der Waals surface area (Å²) in [5.41, 5.74) is 2.15. The molecule has 3 aromatic heterocycles. The van der Waals surface area contributed by atoms with E-state index in [2.05, 4.69) is 25.7 Å². The van der Waals surface area contributed by atoms with E-state index in [4.69, 9.17) is 0 Å². The number of amides is 1. The highest BCUT2D eigenvalue weighted by atomic mass is 16.2. The molecular weight excluding hydrogens is 340 g/mol. The molecule has 7 heteroatoms. The van der Waals surface area contributed by atoms with Crippen LogP contribution < -0.4 is 0 Å². The first-order valence-electron chi connectivity index (χ1n) is 9.37. The fraction of sp³-hybridized carbons (Fsp3) is 0.400. The van der Waals surface area contributed by atoms with Gasteiger partial charge in [-0.3, -0.25) is 14.5 Å². The molecule has 7 nitrogen and oxygen atoms in total. The normalized spacial score (nSPS) is 17.2. The van der Waals surface area contributed by atoms with E-state index in [9.17, 15) is 4.79 Å². The minimum atomic E-state index is 0.122. The van der Waals surface area contributed by atoms with E-state index in [-0.39, 0.29) is 11.8 Å². The maximum absolute atomic E-state index is 12.7. The highest BCUT2D eigenvalue weighted by molar-refractivity contribution is 5.76. The van der Waals surface area contributed by atoms with E-state index in [1.165, 1.54) is 0 Å². The summed E-state index contributed by atoms with van der Waals surface area (Å²) in [7, 11) is 0. The van der Waals surface area contributed by atoms with Crippen molar-refractivity contribution in [2.45, 2.75) is 38.8 Å². The van der Waals surface area contributed by atoms with E-state index >= 15 is 0 Å². The van der Waals surface area contributed by atoms with Crippen molar-refractivity contribution in [1.82, 2.24) is 29.2 Å². The second kappa shape index (κ2) is 7.73. The number of pyridine rings is 1. The van der Waals surface area contributed by atoms with Gasteiger partial charge in [0.15, 0.2) is 0 Å². The summed E-state index contributed by atoms with van der Waals surface area (Å²) in [6, 6.07) is 5.94. The maximum Gasteiger partial charge on any atom is 0.244 e. The van der Waals surface area contributed by atoms with Gasteiger partial charge in [-0.1, -0.05) is 6.07 Å². The Balaban J connectivity index is 1.45. The van der Waals surface area contributed by atoms with Crippen LogP contribution in [0.3, 0.4) is 0 Å². The fourth-order valence-corrected chi connectivity index (χ4v) is 3.71. The molecule has 27 heavy (non-hydrogen) atoms. The van der Waals surface area contributed by atoms with Gasteiger partial charge in [0, 0.05) is 55.7 Å². The molecule has 0 spiro atoms. The van der Waals surface area contributed by atoms with Crippen molar-refractivity contribution in [2.24, 2.45) is 0 Å². The molecule has 1 amide bonds. The monoisotopic (exact) mass is 364 g/mol. The molecule has 0 aliphatic carbocycles. The largest absolute Gasteiger partial charge is 0.340 e. The van der Waals surface area contributed by atoms with Gasteiger partial charge in [0.2, 0.25) is 5.91 Å². The predicted octanol–water partition coefficient (Wildman–Crippen LogP) is 2.24. The second-order valence-corrected chi connectivity index (χ2v) is 7.08. The Hall–Kier alpha value is -2.96. The smallest absolute Gasteiger partial charge is 0.244 e. The van der Waals surface area contributed by atoms with Crippen LogP contribution in [0.25, 0.3) is 0 Å². The van der Waals surface area contributed by atoms with Gasteiger partial charge >= 0.3 is 0 Å². The lowest BCUT2D eigenvalue weighted by Gasteiger charge is -2.32. The Bertz CT molecular complexity index is 900. The molecule has 0 bridgehead atoms. The Kier molecular flexibility index (Phi) is 5.00. The van der Waals surface area contributed by atoms with E-state index < -0.39 is 0 Å². The SMILES string of the molecule is Cc1ccnn1CC(=O)N1CCC[C@@H](c2nccn2Cc2cccnc2)C1. The molecule has 0 saturated carbocycles. The zero-order valence-electron chi connectivity index (χ0n) is 15.5. The second-order valence-electron chi connectivity index (χ2n) is 7.08. The molecule has 140 valence electrons. The molecule has 4 rings (SSSR count). The van der Waals surface area contributed by atoms with Gasteiger partial charge in [0.25, 0.3) is 0 Å². The summed E-state index contributed by atoms with van der Waals surface area (Å²) in [5.74, 6) is 1.43. The van der Waals surface area contributed by atoms with Crippen molar-refractivity contribution in [2.75, 3.05) is 13.1 Å². The molecule has 1 fully saturated rings. The first kappa shape index (κ1) is 17.5. The molecule has 0 aromatic carbocycles.